The van der Waals surface area contributed by atoms with Gasteiger partial charge in [-0.2, -0.15) is 0 Å². The highest BCUT2D eigenvalue weighted by Crippen LogP contribution is 2.36. The van der Waals surface area contributed by atoms with E-state index in [9.17, 15) is 9.50 Å². The number of likely N-dealkylation sites (tertiary alicyclic amines) is 1. The van der Waals surface area contributed by atoms with Gasteiger partial charge >= 0.3 is 0 Å². The molecule has 3 rings (SSSR count). The first kappa shape index (κ1) is 15.0. The van der Waals surface area contributed by atoms with Crippen LogP contribution in [0.5, 0.6) is 5.75 Å². The average Bonchev–Trinajstić information content (AvgIpc) is 2.51. The molecule has 0 saturated carbocycles. The van der Waals surface area contributed by atoms with Crippen molar-refractivity contribution in [1.29, 1.82) is 0 Å². The zero-order valence-electron chi connectivity index (χ0n) is 12.6. The molecule has 0 aliphatic carbocycles. The first-order valence-corrected chi connectivity index (χ1v) is 7.38. The molecule has 0 unspecified atom stereocenters. The molecule has 0 amide bonds. The van der Waals surface area contributed by atoms with Crippen molar-refractivity contribution in [2.24, 2.45) is 0 Å². The number of nitrogens with zero attached hydrogens (tertiary/aromatic N) is 1. The Morgan fingerprint density at radius 1 is 1.18 bits per heavy atom. The summed E-state index contributed by atoms with van der Waals surface area (Å²) in [6.45, 7) is 2.25. The highest BCUT2D eigenvalue weighted by atomic mass is 19.1. The number of aliphatic hydroxyl groups excluding tert-OH is 1. The van der Waals surface area contributed by atoms with Gasteiger partial charge in [-0.15, -0.1) is 0 Å². The second-order valence-corrected chi connectivity index (χ2v) is 5.91. The molecule has 0 aromatic heterocycles. The maximum absolute atomic E-state index is 13.4. The van der Waals surface area contributed by atoms with Crippen LogP contribution in [0.25, 0.3) is 0 Å². The molecule has 0 radical (unpaired) electrons. The zero-order valence-corrected chi connectivity index (χ0v) is 12.6. The Balaban J connectivity index is 1.72. The van der Waals surface area contributed by atoms with Crippen molar-refractivity contribution >= 4 is 0 Å². The van der Waals surface area contributed by atoms with Gasteiger partial charge < -0.3 is 9.84 Å². The van der Waals surface area contributed by atoms with E-state index in [4.69, 9.17) is 4.74 Å². The second-order valence-electron chi connectivity index (χ2n) is 5.91. The van der Waals surface area contributed by atoms with E-state index in [1.165, 1.54) is 12.1 Å². The van der Waals surface area contributed by atoms with Gasteiger partial charge in [0.25, 0.3) is 0 Å². The predicted molar refractivity (Wildman–Crippen MR) is 83.4 cm³/mol. The van der Waals surface area contributed by atoms with Crippen molar-refractivity contribution in [3.05, 3.63) is 65.5 Å². The minimum atomic E-state index is -0.257. The lowest BCUT2D eigenvalue weighted by Crippen LogP contribution is -2.60. The van der Waals surface area contributed by atoms with Crippen LogP contribution in [0.2, 0.25) is 0 Å². The van der Waals surface area contributed by atoms with Gasteiger partial charge in [-0.3, -0.25) is 4.90 Å². The van der Waals surface area contributed by atoms with Gasteiger partial charge in [-0.05, 0) is 23.8 Å². The number of benzene rings is 2. The lowest BCUT2D eigenvalue weighted by molar-refractivity contribution is 0.0135. The van der Waals surface area contributed by atoms with Gasteiger partial charge in [0.15, 0.2) is 0 Å². The number of rotatable bonds is 5. The van der Waals surface area contributed by atoms with Crippen molar-refractivity contribution in [3.63, 3.8) is 0 Å². The molecule has 1 saturated heterocycles. The summed E-state index contributed by atoms with van der Waals surface area (Å²) in [5.74, 6) is 0.440. The zero-order chi connectivity index (χ0) is 15.6. The fraction of sp³-hybridized carbons (Fsp3) is 0.333. The molecule has 1 aliphatic rings. The normalized spacial score (nSPS) is 17.0. The van der Waals surface area contributed by atoms with Gasteiger partial charge in [-0.1, -0.05) is 30.3 Å². The quantitative estimate of drug-likeness (QED) is 0.921. The summed E-state index contributed by atoms with van der Waals surface area (Å²) in [4.78, 5) is 2.19. The van der Waals surface area contributed by atoms with E-state index in [1.54, 1.807) is 13.2 Å². The Bertz CT molecular complexity index is 639. The Hall–Kier alpha value is -1.91. The lowest BCUT2D eigenvalue weighted by atomic mass is 9.74. The molecule has 1 fully saturated rings. The average molecular weight is 301 g/mol. The van der Waals surface area contributed by atoms with E-state index in [1.807, 2.05) is 18.2 Å². The standard InChI is InChI=1S/C18H20FNO2/c1-22-17-8-7-16(19)9-14(17)10-20-11-18(12-20,13-21)15-5-3-2-4-6-15/h2-9,21H,10-13H2,1H3. The molecule has 0 spiro atoms. The molecule has 2 aromatic rings. The van der Waals surface area contributed by atoms with E-state index in [-0.39, 0.29) is 17.8 Å². The van der Waals surface area contributed by atoms with Crippen LogP contribution in [-0.2, 0) is 12.0 Å². The molecule has 1 heterocycles. The van der Waals surface area contributed by atoms with Gasteiger partial charge in [-0.25, -0.2) is 4.39 Å². The summed E-state index contributed by atoms with van der Waals surface area (Å²) in [5, 5.41) is 9.81. The third-order valence-corrected chi connectivity index (χ3v) is 4.38. The van der Waals surface area contributed by atoms with Gasteiger partial charge in [0, 0.05) is 30.6 Å². The Morgan fingerprint density at radius 3 is 2.55 bits per heavy atom. The van der Waals surface area contributed by atoms with Gasteiger partial charge in [0.1, 0.15) is 11.6 Å². The molecule has 116 valence electrons. The molecule has 4 heteroatoms. The number of hydrogen-bond donors (Lipinski definition) is 1. The van der Waals surface area contributed by atoms with Crippen molar-refractivity contribution < 1.29 is 14.2 Å². The molecule has 0 bridgehead atoms. The lowest BCUT2D eigenvalue weighted by Gasteiger charge is -2.50. The maximum atomic E-state index is 13.4. The number of hydrogen-bond acceptors (Lipinski definition) is 3. The van der Waals surface area contributed by atoms with E-state index >= 15 is 0 Å². The minimum Gasteiger partial charge on any atom is -0.496 e. The summed E-state index contributed by atoms with van der Waals surface area (Å²) in [5.41, 5.74) is 1.78. The largest absolute Gasteiger partial charge is 0.496 e. The topological polar surface area (TPSA) is 32.7 Å². The Kier molecular flexibility index (Phi) is 4.14. The smallest absolute Gasteiger partial charge is 0.123 e. The summed E-state index contributed by atoms with van der Waals surface area (Å²) >= 11 is 0. The van der Waals surface area contributed by atoms with Crippen LogP contribution in [0.3, 0.4) is 0 Å². The number of aliphatic hydroxyl groups is 1. The molecule has 0 atom stereocenters. The number of methoxy groups -OCH3 is 1. The predicted octanol–water partition coefficient (Wildman–Crippen LogP) is 2.58. The van der Waals surface area contributed by atoms with E-state index in [2.05, 4.69) is 17.0 Å². The van der Waals surface area contributed by atoms with Crippen LogP contribution in [0.4, 0.5) is 4.39 Å². The SMILES string of the molecule is COc1ccc(F)cc1CN1CC(CO)(c2ccccc2)C1. The van der Waals surface area contributed by atoms with Gasteiger partial charge in [0.05, 0.1) is 13.7 Å². The first-order chi connectivity index (χ1) is 10.7. The monoisotopic (exact) mass is 301 g/mol. The highest BCUT2D eigenvalue weighted by molar-refractivity contribution is 5.35. The first-order valence-electron chi connectivity index (χ1n) is 7.38. The van der Waals surface area contributed by atoms with Crippen LogP contribution in [0, 0.1) is 5.82 Å². The van der Waals surface area contributed by atoms with Crippen molar-refractivity contribution in [2.75, 3.05) is 26.8 Å². The molecule has 3 nitrogen and oxygen atoms in total. The summed E-state index contributed by atoms with van der Waals surface area (Å²) in [6, 6.07) is 14.6. The van der Waals surface area contributed by atoms with E-state index in [0.29, 0.717) is 12.3 Å². The van der Waals surface area contributed by atoms with Crippen LogP contribution in [-0.4, -0.2) is 36.8 Å². The van der Waals surface area contributed by atoms with Crippen molar-refractivity contribution in [2.45, 2.75) is 12.0 Å². The van der Waals surface area contributed by atoms with Crippen LogP contribution >= 0.6 is 0 Å². The molecular weight excluding hydrogens is 281 g/mol. The fourth-order valence-electron chi connectivity index (χ4n) is 3.20. The van der Waals surface area contributed by atoms with Crippen molar-refractivity contribution in [1.82, 2.24) is 4.90 Å². The van der Waals surface area contributed by atoms with Crippen molar-refractivity contribution in [3.8, 4) is 5.75 Å². The van der Waals surface area contributed by atoms with Gasteiger partial charge in [0.2, 0.25) is 0 Å². The van der Waals surface area contributed by atoms with Crippen LogP contribution in [0.15, 0.2) is 48.5 Å². The van der Waals surface area contributed by atoms with E-state index in [0.717, 1.165) is 24.2 Å². The van der Waals surface area contributed by atoms with Crippen LogP contribution in [0.1, 0.15) is 11.1 Å². The third kappa shape index (κ3) is 2.72. The second kappa shape index (κ2) is 6.07. The Morgan fingerprint density at radius 2 is 1.91 bits per heavy atom. The third-order valence-electron chi connectivity index (χ3n) is 4.38. The minimum absolute atomic E-state index is 0.119. The molecule has 22 heavy (non-hydrogen) atoms. The summed E-state index contributed by atoms with van der Waals surface area (Å²) < 4.78 is 18.7. The summed E-state index contributed by atoms with van der Waals surface area (Å²) in [7, 11) is 1.59. The summed E-state index contributed by atoms with van der Waals surface area (Å²) in [6.07, 6.45) is 0. The molecule has 2 aromatic carbocycles. The number of halogens is 1. The fourth-order valence-corrected chi connectivity index (χ4v) is 3.20. The Labute approximate surface area is 130 Å². The highest BCUT2D eigenvalue weighted by Gasteiger charge is 2.43. The maximum Gasteiger partial charge on any atom is 0.123 e. The molecule has 1 aliphatic heterocycles. The molecular formula is C18H20FNO2. The molecule has 1 N–H and O–H groups in total. The number of ether oxygens (including phenoxy) is 1. The van der Waals surface area contributed by atoms with Crippen LogP contribution < -0.4 is 4.74 Å². The van der Waals surface area contributed by atoms with E-state index < -0.39 is 0 Å².